The van der Waals surface area contributed by atoms with Crippen LogP contribution in [0, 0.1) is 16.0 Å². The van der Waals surface area contributed by atoms with Crippen LogP contribution in [0.15, 0.2) is 24.3 Å². The first-order chi connectivity index (χ1) is 12.0. The van der Waals surface area contributed by atoms with Gasteiger partial charge in [0.05, 0.1) is 4.92 Å². The molecule has 0 aliphatic heterocycles. The van der Waals surface area contributed by atoms with Gasteiger partial charge in [0.15, 0.2) is 13.2 Å². The summed E-state index contributed by atoms with van der Waals surface area (Å²) in [7, 11) is 0. The molecule has 0 heterocycles. The van der Waals surface area contributed by atoms with Gasteiger partial charge in [0.2, 0.25) is 0 Å². The molecule has 1 amide bonds. The van der Waals surface area contributed by atoms with E-state index < -0.39 is 10.9 Å². The van der Waals surface area contributed by atoms with Gasteiger partial charge in [-0.3, -0.25) is 14.9 Å². The highest BCUT2D eigenvalue weighted by atomic mass is 16.6. The van der Waals surface area contributed by atoms with Gasteiger partial charge in [-0.05, 0) is 30.9 Å². The fraction of sp³-hybridized carbons (Fsp3) is 0.529. The second kappa shape index (κ2) is 9.00. The van der Waals surface area contributed by atoms with Crippen molar-refractivity contribution >= 4 is 17.6 Å². The maximum absolute atomic E-state index is 11.8. The molecule has 0 spiro atoms. The molecule has 1 N–H and O–H groups in total. The van der Waals surface area contributed by atoms with Crippen LogP contribution in [0.25, 0.3) is 0 Å². The molecule has 0 radical (unpaired) electrons. The number of carbonyl (C=O) groups excluding carboxylic acids is 2. The number of rotatable bonds is 7. The normalized spacial score (nSPS) is 19.7. The molecule has 2 atom stereocenters. The molecule has 1 aromatic rings. The standard InChI is InChI=1S/C17H22N2O6/c1-12-4-2-3-5-15(12)18-16(20)10-25-17(21)11-24-14-8-6-13(7-9-14)19(22)23/h6-9,12,15H,2-5,10-11H2,1H3,(H,18,20)/t12-,15+/m1/s1. The minimum Gasteiger partial charge on any atom is -0.482 e. The molecule has 1 aliphatic rings. The molecule has 8 heteroatoms. The second-order valence-electron chi connectivity index (χ2n) is 6.14. The predicted molar refractivity (Wildman–Crippen MR) is 89.1 cm³/mol. The van der Waals surface area contributed by atoms with Gasteiger partial charge in [-0.15, -0.1) is 0 Å². The van der Waals surface area contributed by atoms with Gasteiger partial charge in [0.25, 0.3) is 11.6 Å². The van der Waals surface area contributed by atoms with Gasteiger partial charge >= 0.3 is 5.97 Å². The van der Waals surface area contributed by atoms with Crippen LogP contribution in [0.5, 0.6) is 5.75 Å². The van der Waals surface area contributed by atoms with Crippen LogP contribution in [0.4, 0.5) is 5.69 Å². The summed E-state index contributed by atoms with van der Waals surface area (Å²) >= 11 is 0. The van der Waals surface area contributed by atoms with Crippen LogP contribution in [0.2, 0.25) is 0 Å². The van der Waals surface area contributed by atoms with Crippen molar-refractivity contribution in [2.45, 2.75) is 38.6 Å². The molecular formula is C17H22N2O6. The Balaban J connectivity index is 1.67. The van der Waals surface area contributed by atoms with Gasteiger partial charge < -0.3 is 14.8 Å². The number of esters is 1. The third-order valence-electron chi connectivity index (χ3n) is 4.23. The predicted octanol–water partition coefficient (Wildman–Crippen LogP) is 2.21. The topological polar surface area (TPSA) is 108 Å². The number of hydrogen-bond donors (Lipinski definition) is 1. The summed E-state index contributed by atoms with van der Waals surface area (Å²) in [4.78, 5) is 33.5. The van der Waals surface area contributed by atoms with Gasteiger partial charge in [-0.2, -0.15) is 0 Å². The van der Waals surface area contributed by atoms with E-state index in [2.05, 4.69) is 12.2 Å². The van der Waals surface area contributed by atoms with Crippen LogP contribution >= 0.6 is 0 Å². The zero-order valence-corrected chi connectivity index (χ0v) is 14.1. The minimum atomic E-state index is -0.676. The highest BCUT2D eigenvalue weighted by Crippen LogP contribution is 2.23. The van der Waals surface area contributed by atoms with Crippen molar-refractivity contribution in [2.75, 3.05) is 13.2 Å². The van der Waals surface area contributed by atoms with Crippen molar-refractivity contribution in [3.63, 3.8) is 0 Å². The lowest BCUT2D eigenvalue weighted by molar-refractivity contribution is -0.384. The second-order valence-corrected chi connectivity index (χ2v) is 6.14. The summed E-state index contributed by atoms with van der Waals surface area (Å²) in [6.07, 6.45) is 4.32. The third kappa shape index (κ3) is 6.06. The third-order valence-corrected chi connectivity index (χ3v) is 4.23. The Kier molecular flexibility index (Phi) is 6.73. The number of amides is 1. The number of carbonyl (C=O) groups is 2. The van der Waals surface area contributed by atoms with Crippen molar-refractivity contribution in [2.24, 2.45) is 5.92 Å². The Bertz CT molecular complexity index is 616. The summed E-state index contributed by atoms with van der Waals surface area (Å²) in [5.41, 5.74) is -0.0662. The fourth-order valence-electron chi connectivity index (χ4n) is 2.77. The van der Waals surface area contributed by atoms with Crippen molar-refractivity contribution in [1.82, 2.24) is 5.32 Å². The maximum Gasteiger partial charge on any atom is 0.344 e. The zero-order chi connectivity index (χ0) is 18.2. The Morgan fingerprint density at radius 3 is 2.52 bits per heavy atom. The van der Waals surface area contributed by atoms with E-state index in [1.165, 1.54) is 30.7 Å². The molecule has 25 heavy (non-hydrogen) atoms. The summed E-state index contributed by atoms with van der Waals surface area (Å²) in [5.74, 6) is -0.255. The maximum atomic E-state index is 11.8. The largest absolute Gasteiger partial charge is 0.482 e. The van der Waals surface area contributed by atoms with Crippen molar-refractivity contribution < 1.29 is 24.0 Å². The first-order valence-electron chi connectivity index (χ1n) is 8.28. The fourth-order valence-corrected chi connectivity index (χ4v) is 2.77. The zero-order valence-electron chi connectivity index (χ0n) is 14.1. The van der Waals surface area contributed by atoms with E-state index in [9.17, 15) is 19.7 Å². The summed E-state index contributed by atoms with van der Waals surface area (Å²) in [6.45, 7) is 1.39. The number of nitro benzene ring substituents is 1. The van der Waals surface area contributed by atoms with Crippen LogP contribution in [-0.4, -0.2) is 36.1 Å². The molecule has 0 aromatic heterocycles. The van der Waals surface area contributed by atoms with Gasteiger partial charge in [-0.25, -0.2) is 4.79 Å². The number of nitrogens with one attached hydrogen (secondary N) is 1. The molecule has 0 bridgehead atoms. The minimum absolute atomic E-state index is 0.0662. The molecule has 136 valence electrons. The van der Waals surface area contributed by atoms with Crippen LogP contribution < -0.4 is 10.1 Å². The molecule has 1 aliphatic carbocycles. The number of hydrogen-bond acceptors (Lipinski definition) is 6. The number of non-ortho nitro benzene ring substituents is 1. The lowest BCUT2D eigenvalue weighted by Gasteiger charge is -2.29. The Hall–Kier alpha value is -2.64. The van der Waals surface area contributed by atoms with Gasteiger partial charge in [-0.1, -0.05) is 19.8 Å². The molecule has 0 saturated heterocycles. The first kappa shape index (κ1) is 18.7. The van der Waals surface area contributed by atoms with E-state index in [-0.39, 0.29) is 30.9 Å². The molecule has 1 saturated carbocycles. The SMILES string of the molecule is C[C@@H]1CCCC[C@@H]1NC(=O)COC(=O)COc1ccc([N+](=O)[O-])cc1. The average molecular weight is 350 g/mol. The molecule has 2 rings (SSSR count). The van der Waals surface area contributed by atoms with E-state index in [1.807, 2.05) is 0 Å². The van der Waals surface area contributed by atoms with Gasteiger partial charge in [0, 0.05) is 18.2 Å². The van der Waals surface area contributed by atoms with E-state index in [0.29, 0.717) is 11.7 Å². The highest BCUT2D eigenvalue weighted by Gasteiger charge is 2.23. The molecular weight excluding hydrogens is 328 g/mol. The number of nitro groups is 1. The lowest BCUT2D eigenvalue weighted by atomic mass is 9.86. The highest BCUT2D eigenvalue weighted by molar-refractivity contribution is 5.81. The van der Waals surface area contributed by atoms with Crippen molar-refractivity contribution in [3.05, 3.63) is 34.4 Å². The van der Waals surface area contributed by atoms with Crippen LogP contribution in [0.1, 0.15) is 32.6 Å². The lowest BCUT2D eigenvalue weighted by Crippen LogP contribution is -2.43. The Morgan fingerprint density at radius 1 is 1.20 bits per heavy atom. The smallest absolute Gasteiger partial charge is 0.344 e. The van der Waals surface area contributed by atoms with E-state index in [1.54, 1.807) is 0 Å². The molecule has 1 fully saturated rings. The van der Waals surface area contributed by atoms with Crippen molar-refractivity contribution in [3.8, 4) is 5.75 Å². The molecule has 1 aromatic carbocycles. The van der Waals surface area contributed by atoms with Crippen LogP contribution in [-0.2, 0) is 14.3 Å². The van der Waals surface area contributed by atoms with Crippen LogP contribution in [0.3, 0.4) is 0 Å². The summed E-state index contributed by atoms with van der Waals surface area (Å²) in [5, 5.41) is 13.4. The monoisotopic (exact) mass is 350 g/mol. The number of nitrogens with zero attached hydrogens (tertiary/aromatic N) is 1. The Morgan fingerprint density at radius 2 is 1.88 bits per heavy atom. The van der Waals surface area contributed by atoms with E-state index in [0.717, 1.165) is 19.3 Å². The number of benzene rings is 1. The van der Waals surface area contributed by atoms with E-state index >= 15 is 0 Å². The van der Waals surface area contributed by atoms with E-state index in [4.69, 9.17) is 9.47 Å². The number of ether oxygens (including phenoxy) is 2. The summed E-state index contributed by atoms with van der Waals surface area (Å²) < 4.78 is 10.1. The molecule has 0 unspecified atom stereocenters. The first-order valence-corrected chi connectivity index (χ1v) is 8.28. The summed E-state index contributed by atoms with van der Waals surface area (Å²) in [6, 6.07) is 5.47. The quantitative estimate of drug-likeness (QED) is 0.459. The average Bonchev–Trinajstić information content (AvgIpc) is 2.60. The Labute approximate surface area is 145 Å². The van der Waals surface area contributed by atoms with Gasteiger partial charge in [0.1, 0.15) is 5.75 Å². The molecule has 8 nitrogen and oxygen atoms in total. The van der Waals surface area contributed by atoms with Crippen molar-refractivity contribution in [1.29, 1.82) is 0 Å².